The van der Waals surface area contributed by atoms with Gasteiger partial charge >= 0.3 is 0 Å². The van der Waals surface area contributed by atoms with Gasteiger partial charge in [0.2, 0.25) is 0 Å². The van der Waals surface area contributed by atoms with Gasteiger partial charge in [-0.15, -0.1) is 0 Å². The van der Waals surface area contributed by atoms with Gasteiger partial charge in [-0.1, -0.05) is 134 Å². The molecule has 0 aliphatic rings. The third-order valence-corrected chi connectivity index (χ3v) is 11.4. The van der Waals surface area contributed by atoms with E-state index in [0.717, 1.165) is 75.7 Å². The lowest BCUT2D eigenvalue weighted by Crippen LogP contribution is -2.24. The zero-order valence-corrected chi connectivity index (χ0v) is 40.0. The molecule has 4 aromatic heterocycles. The normalized spacial score (nSPS) is 10.8. The molecule has 4 aromatic carbocycles. The molecule has 71 heavy (non-hydrogen) atoms. The summed E-state index contributed by atoms with van der Waals surface area (Å²) in [4.78, 5) is 59.3. The number of rotatable bonds is 16. The Morgan fingerprint density at radius 2 is 1.15 bits per heavy atom. The Kier molecular flexibility index (Phi) is 18.4. The summed E-state index contributed by atoms with van der Waals surface area (Å²) < 4.78 is 3.84. The first-order valence-corrected chi connectivity index (χ1v) is 23.0. The van der Waals surface area contributed by atoms with E-state index in [1.165, 1.54) is 18.2 Å². The van der Waals surface area contributed by atoms with E-state index in [4.69, 9.17) is 24.6 Å². The third kappa shape index (κ3) is 13.0. The Hall–Kier alpha value is -8.99. The maximum Gasteiger partial charge on any atom is 0.300 e. The van der Waals surface area contributed by atoms with Crippen LogP contribution in [0.4, 0.5) is 11.6 Å². The number of aliphatic hydroxyl groups is 1. The molecule has 0 atom stereocenters. The van der Waals surface area contributed by atoms with Crippen molar-refractivity contribution in [3.8, 4) is 22.3 Å². The quantitative estimate of drug-likeness (QED) is 0.0352. The van der Waals surface area contributed by atoms with Crippen molar-refractivity contribution in [2.45, 2.75) is 66.2 Å². The molecule has 0 radical (unpaired) electrons. The van der Waals surface area contributed by atoms with Crippen molar-refractivity contribution in [1.82, 2.24) is 39.7 Å². The number of carbonyl (C=O) groups excluding carboxylic acids is 3. The maximum atomic E-state index is 13.0. The fourth-order valence-electron chi connectivity index (χ4n) is 7.79. The van der Waals surface area contributed by atoms with Crippen LogP contribution < -0.4 is 22.1 Å². The Morgan fingerprint density at radius 1 is 0.676 bits per heavy atom. The van der Waals surface area contributed by atoms with Gasteiger partial charge in [0.15, 0.2) is 6.29 Å². The molecule has 0 saturated heterocycles. The molecular weight excluding hydrogens is 893 g/mol. The smallest absolute Gasteiger partial charge is 0.300 e. The molecule has 2 amide bonds. The number of nitrogens with two attached hydrogens (primary N) is 2. The molecule has 0 aliphatic heterocycles. The summed E-state index contributed by atoms with van der Waals surface area (Å²) in [6.07, 6.45) is 7.79. The number of hydrogen-bond acceptors (Lipinski definition) is 10. The van der Waals surface area contributed by atoms with Gasteiger partial charge in [0.1, 0.15) is 35.6 Å². The summed E-state index contributed by atoms with van der Waals surface area (Å²) >= 11 is 0. The largest absolute Gasteiger partial charge is 0.396 e. The second-order valence-corrected chi connectivity index (χ2v) is 16.4. The van der Waals surface area contributed by atoms with E-state index in [-0.39, 0.29) is 24.8 Å². The van der Waals surface area contributed by atoms with Crippen LogP contribution in [-0.2, 0) is 35.8 Å². The second kappa shape index (κ2) is 25.4. The fourth-order valence-corrected chi connectivity index (χ4v) is 7.79. The standard InChI is InChI=1S/C27H26N6O2.C18H20N4O.C10H10N2O/c1-18-9-11-20(12-10-18)23-22(33(13-6-14-34)26-24(23)25(28)31-17-32-26)15-21(29-2)27(35)30-16-19-7-4-3-5-8-19;1-3-4-9-22-14(10-23)15(13-7-5-12(2)6-8-13)16-17(19)20-11-21-18(16)22;1-11-8-10(13)12-7-9-5-3-2-4-6-9/h3-5,7-12,15,17,34H,6,13-14,16H2,1H3,(H,30,35)(H2,28,31,32);5-8,10-11H,3-4,9H2,1-2H3,(H2,19,20,21);2-6H,7-8H2,(H,12,13)/b21-15-;;. The zero-order valence-electron chi connectivity index (χ0n) is 40.0. The predicted octanol–water partition coefficient (Wildman–Crippen LogP) is 8.77. The summed E-state index contributed by atoms with van der Waals surface area (Å²) in [6.45, 7) is 22.2. The van der Waals surface area contributed by atoms with E-state index in [1.807, 2.05) is 132 Å². The summed E-state index contributed by atoms with van der Waals surface area (Å²) in [5.74, 6) is 0.0142. The summed E-state index contributed by atoms with van der Waals surface area (Å²) in [5, 5.41) is 16.4. The van der Waals surface area contributed by atoms with E-state index >= 15 is 0 Å². The van der Waals surface area contributed by atoms with Gasteiger partial charge in [0, 0.05) is 49.6 Å². The highest BCUT2D eigenvalue weighted by atomic mass is 16.3. The number of anilines is 2. The van der Waals surface area contributed by atoms with Crippen LogP contribution in [0.1, 0.15) is 64.6 Å². The molecule has 0 spiro atoms. The first-order chi connectivity index (χ1) is 34.5. The molecule has 0 unspecified atom stereocenters. The molecule has 0 aliphatic carbocycles. The summed E-state index contributed by atoms with van der Waals surface area (Å²) in [7, 11) is 0. The lowest BCUT2D eigenvalue weighted by molar-refractivity contribution is -0.119. The Labute approximate surface area is 412 Å². The number of aliphatic hydroxyl groups excluding tert-OH is 1. The Bertz CT molecular complexity index is 3210. The van der Waals surface area contributed by atoms with Crippen LogP contribution in [0.15, 0.2) is 128 Å². The number of nitrogen functional groups attached to an aromatic ring is 2. The molecule has 0 saturated carbocycles. The van der Waals surface area contributed by atoms with Crippen LogP contribution in [-0.4, -0.2) is 65.4 Å². The molecule has 16 nitrogen and oxygen atoms in total. The molecule has 0 fully saturated rings. The molecule has 7 N–H and O–H groups in total. The SMILES string of the molecule is CCCCn1c(C=O)c(-c2ccc(C)cc2)c2c(N)ncnc21.[C-]#[N+]/C(=C\c1c(-c2ccc(C)cc2)c2c(N)ncnc2n1CCCO)C(=O)NCc1ccccc1.[C-]#[N+]CC(=O)NCc1ccccc1. The number of amides is 2. The van der Waals surface area contributed by atoms with Gasteiger partial charge < -0.3 is 41.2 Å². The van der Waals surface area contributed by atoms with E-state index in [0.29, 0.717) is 60.1 Å². The van der Waals surface area contributed by atoms with Crippen LogP contribution in [0.2, 0.25) is 0 Å². The first kappa shape index (κ1) is 51.4. The molecule has 8 aromatic rings. The molecule has 0 bridgehead atoms. The minimum absolute atomic E-state index is 0.0174. The second-order valence-electron chi connectivity index (χ2n) is 16.4. The lowest BCUT2D eigenvalue weighted by Gasteiger charge is -2.10. The van der Waals surface area contributed by atoms with Crippen molar-refractivity contribution >= 4 is 57.9 Å². The van der Waals surface area contributed by atoms with Crippen LogP contribution >= 0.6 is 0 Å². The lowest BCUT2D eigenvalue weighted by atomic mass is 10.0. The van der Waals surface area contributed by atoms with Gasteiger partial charge in [0.05, 0.1) is 23.0 Å². The number of aldehydes is 1. The van der Waals surface area contributed by atoms with Crippen LogP contribution in [0, 0.1) is 27.0 Å². The topological polar surface area (TPSA) is 218 Å². The maximum absolute atomic E-state index is 13.0. The summed E-state index contributed by atoms with van der Waals surface area (Å²) in [6, 6.07) is 35.1. The van der Waals surface area contributed by atoms with Crippen molar-refractivity contribution in [3.05, 3.63) is 184 Å². The molecule has 360 valence electrons. The van der Waals surface area contributed by atoms with E-state index < -0.39 is 5.91 Å². The number of aryl methyl sites for hydroxylation is 4. The highest BCUT2D eigenvalue weighted by molar-refractivity contribution is 6.09. The summed E-state index contributed by atoms with van der Waals surface area (Å²) in [5.41, 5.74) is 22.5. The molecular formula is C55H56N12O4. The fraction of sp³-hybridized carbons (Fsp3) is 0.218. The van der Waals surface area contributed by atoms with E-state index in [2.05, 4.69) is 47.2 Å². The average molecular weight is 949 g/mol. The number of fused-ring (bicyclic) bond motifs is 2. The van der Waals surface area contributed by atoms with Crippen molar-refractivity contribution in [1.29, 1.82) is 0 Å². The highest BCUT2D eigenvalue weighted by Crippen LogP contribution is 2.39. The van der Waals surface area contributed by atoms with Crippen molar-refractivity contribution in [2.75, 3.05) is 24.6 Å². The number of aromatic nitrogens is 6. The number of hydrogen-bond donors (Lipinski definition) is 5. The van der Waals surface area contributed by atoms with Crippen LogP contribution in [0.5, 0.6) is 0 Å². The minimum atomic E-state index is -0.475. The number of carbonyl (C=O) groups is 3. The van der Waals surface area contributed by atoms with Gasteiger partial charge in [-0.3, -0.25) is 14.4 Å². The minimum Gasteiger partial charge on any atom is -0.396 e. The number of nitrogens with one attached hydrogen (secondary N) is 2. The Morgan fingerprint density at radius 3 is 1.62 bits per heavy atom. The monoisotopic (exact) mass is 948 g/mol. The van der Waals surface area contributed by atoms with Gasteiger partial charge in [-0.2, -0.15) is 0 Å². The van der Waals surface area contributed by atoms with E-state index in [1.54, 1.807) is 6.08 Å². The van der Waals surface area contributed by atoms with Crippen molar-refractivity contribution in [3.63, 3.8) is 0 Å². The van der Waals surface area contributed by atoms with Crippen molar-refractivity contribution in [2.24, 2.45) is 0 Å². The van der Waals surface area contributed by atoms with Gasteiger partial charge in [-0.05, 0) is 55.0 Å². The molecule has 16 heteroatoms. The number of nitrogens with zero attached hydrogens (tertiary/aromatic N) is 8. The van der Waals surface area contributed by atoms with Crippen LogP contribution in [0.3, 0.4) is 0 Å². The van der Waals surface area contributed by atoms with Crippen LogP contribution in [0.25, 0.3) is 60.1 Å². The average Bonchev–Trinajstić information content (AvgIpc) is 3.89. The molecule has 4 heterocycles. The van der Waals surface area contributed by atoms with Crippen molar-refractivity contribution < 1.29 is 19.5 Å². The predicted molar refractivity (Wildman–Crippen MR) is 279 cm³/mol. The highest BCUT2D eigenvalue weighted by Gasteiger charge is 2.24. The van der Waals surface area contributed by atoms with E-state index in [9.17, 15) is 19.5 Å². The third-order valence-electron chi connectivity index (χ3n) is 11.4. The Balaban J connectivity index is 0.000000195. The number of benzene rings is 4. The first-order valence-electron chi connectivity index (χ1n) is 23.0. The van der Waals surface area contributed by atoms with Gasteiger partial charge in [0.25, 0.3) is 24.1 Å². The zero-order chi connectivity index (χ0) is 50.7. The van der Waals surface area contributed by atoms with Gasteiger partial charge in [-0.25, -0.2) is 31.4 Å². The molecule has 8 rings (SSSR count). The number of unbranched alkanes of at least 4 members (excludes halogenated alkanes) is 1.